The molecule has 1 aromatic heterocycles. The maximum Gasteiger partial charge on any atom is 0.294 e. The summed E-state index contributed by atoms with van der Waals surface area (Å²) >= 11 is 6.23. The Hall–Kier alpha value is -3.33. The normalized spacial score (nSPS) is 11.7. The van der Waals surface area contributed by atoms with Crippen molar-refractivity contribution >= 4 is 50.2 Å². The van der Waals surface area contributed by atoms with Gasteiger partial charge in [-0.2, -0.15) is 8.42 Å². The third-order valence-electron chi connectivity index (χ3n) is 4.82. The summed E-state index contributed by atoms with van der Waals surface area (Å²) in [7, 11) is -2.38. The first-order valence-electron chi connectivity index (χ1n) is 9.91. The number of guanidine groups is 1. The van der Waals surface area contributed by atoms with Crippen LogP contribution in [0.4, 0.5) is 11.6 Å². The summed E-state index contributed by atoms with van der Waals surface area (Å²) < 4.78 is 35.5. The Morgan fingerprint density at radius 2 is 1.70 bits per heavy atom. The van der Waals surface area contributed by atoms with E-state index in [2.05, 4.69) is 4.99 Å². The minimum absolute atomic E-state index is 0.0666. The zero-order valence-electron chi connectivity index (χ0n) is 18.4. The van der Waals surface area contributed by atoms with Crippen LogP contribution in [0.25, 0.3) is 11.0 Å². The van der Waals surface area contributed by atoms with Crippen molar-refractivity contribution in [3.63, 3.8) is 0 Å². The van der Waals surface area contributed by atoms with Crippen LogP contribution in [0.2, 0.25) is 5.02 Å². The van der Waals surface area contributed by atoms with E-state index in [-0.39, 0.29) is 4.90 Å². The molecule has 4 rings (SSSR count). The van der Waals surface area contributed by atoms with Gasteiger partial charge in [-0.15, -0.1) is 0 Å². The SMILES string of the molecule is CN=C(N)N(c1ccc(C)c(Cl)c1)c1cc2ccccc2o1.Cc1ccc(S(=O)(=O)O)cc1. The largest absolute Gasteiger partial charge is 0.440 e. The average molecular weight is 486 g/mol. The van der Waals surface area contributed by atoms with Crippen molar-refractivity contribution in [1.82, 2.24) is 0 Å². The Morgan fingerprint density at radius 3 is 2.27 bits per heavy atom. The molecule has 1 heterocycles. The molecule has 0 atom stereocenters. The number of anilines is 2. The standard InChI is InChI=1S/C17H16ClN3O.C7H8O3S/c1-11-7-8-13(10-14(11)18)21(17(19)20-2)16-9-12-5-3-4-6-15(12)22-16;1-6-2-4-7(5-3-6)11(8,9)10/h3-10H,1-2H3,(H2,19,20);2-5H,1H3,(H,8,9,10). The van der Waals surface area contributed by atoms with Crippen LogP contribution in [0.5, 0.6) is 0 Å². The number of benzene rings is 3. The van der Waals surface area contributed by atoms with Gasteiger partial charge in [0.05, 0.1) is 10.6 Å². The molecule has 0 unspecified atom stereocenters. The molecule has 0 bridgehead atoms. The molecule has 0 fully saturated rings. The minimum Gasteiger partial charge on any atom is -0.440 e. The number of halogens is 1. The molecule has 33 heavy (non-hydrogen) atoms. The molecular weight excluding hydrogens is 462 g/mol. The van der Waals surface area contributed by atoms with Crippen molar-refractivity contribution < 1.29 is 17.4 Å². The van der Waals surface area contributed by atoms with Crippen LogP contribution in [-0.4, -0.2) is 26.0 Å². The predicted octanol–water partition coefficient (Wildman–Crippen LogP) is 5.72. The van der Waals surface area contributed by atoms with Crippen LogP contribution in [0, 0.1) is 13.8 Å². The Labute approximate surface area is 197 Å². The van der Waals surface area contributed by atoms with Crippen molar-refractivity contribution in [2.45, 2.75) is 18.7 Å². The van der Waals surface area contributed by atoms with Crippen molar-refractivity contribution in [2.75, 3.05) is 11.9 Å². The highest BCUT2D eigenvalue weighted by atomic mass is 35.5. The quantitative estimate of drug-likeness (QED) is 0.218. The third kappa shape index (κ3) is 5.92. The molecular formula is C24H24ClN3O4S. The summed E-state index contributed by atoms with van der Waals surface area (Å²) in [5, 5.41) is 1.67. The summed E-state index contributed by atoms with van der Waals surface area (Å²) in [6.45, 7) is 3.79. The number of nitrogens with two attached hydrogens (primary N) is 1. The topological polar surface area (TPSA) is 109 Å². The van der Waals surface area contributed by atoms with Crippen LogP contribution >= 0.6 is 11.6 Å². The van der Waals surface area contributed by atoms with Crippen LogP contribution in [0.3, 0.4) is 0 Å². The maximum atomic E-state index is 10.5. The fourth-order valence-electron chi connectivity index (χ4n) is 2.98. The molecule has 0 spiro atoms. The molecule has 4 aromatic rings. The molecule has 3 aromatic carbocycles. The second-order valence-electron chi connectivity index (χ2n) is 7.26. The Balaban J connectivity index is 0.000000235. The molecule has 3 N–H and O–H groups in total. The molecule has 0 saturated carbocycles. The van der Waals surface area contributed by atoms with Crippen molar-refractivity contribution in [2.24, 2.45) is 10.7 Å². The number of para-hydroxylation sites is 1. The molecule has 0 saturated heterocycles. The first-order valence-corrected chi connectivity index (χ1v) is 11.7. The van der Waals surface area contributed by atoms with Crippen molar-refractivity contribution in [3.05, 3.63) is 88.9 Å². The number of hydrogen-bond acceptors (Lipinski definition) is 4. The van der Waals surface area contributed by atoms with Gasteiger partial charge in [0.15, 0.2) is 0 Å². The van der Waals surface area contributed by atoms with Crippen molar-refractivity contribution in [3.8, 4) is 0 Å². The summed E-state index contributed by atoms with van der Waals surface area (Å²) in [5.74, 6) is 0.934. The van der Waals surface area contributed by atoms with Crippen LogP contribution in [0.1, 0.15) is 11.1 Å². The van der Waals surface area contributed by atoms with Gasteiger partial charge in [-0.25, -0.2) is 0 Å². The van der Waals surface area contributed by atoms with Gasteiger partial charge in [-0.1, -0.05) is 53.6 Å². The van der Waals surface area contributed by atoms with E-state index in [9.17, 15) is 8.42 Å². The maximum absolute atomic E-state index is 10.5. The molecule has 0 radical (unpaired) electrons. The first kappa shape index (κ1) is 24.3. The molecule has 9 heteroatoms. The van der Waals surface area contributed by atoms with Crippen molar-refractivity contribution in [1.29, 1.82) is 0 Å². The van der Waals surface area contributed by atoms with Gasteiger partial charge in [-0.3, -0.25) is 14.4 Å². The van der Waals surface area contributed by atoms with E-state index in [0.717, 1.165) is 27.8 Å². The highest BCUT2D eigenvalue weighted by molar-refractivity contribution is 7.85. The van der Waals surface area contributed by atoms with E-state index >= 15 is 0 Å². The summed E-state index contributed by atoms with van der Waals surface area (Å²) in [5.41, 5.74) is 9.62. The number of fused-ring (bicyclic) bond motifs is 1. The third-order valence-corrected chi connectivity index (χ3v) is 6.10. The Morgan fingerprint density at radius 1 is 1.03 bits per heavy atom. The van der Waals surface area contributed by atoms with E-state index in [0.29, 0.717) is 16.9 Å². The van der Waals surface area contributed by atoms with E-state index < -0.39 is 10.1 Å². The molecule has 0 amide bonds. The zero-order valence-corrected chi connectivity index (χ0v) is 19.9. The van der Waals surface area contributed by atoms with Crippen LogP contribution < -0.4 is 10.6 Å². The second-order valence-corrected chi connectivity index (χ2v) is 9.09. The summed E-state index contributed by atoms with van der Waals surface area (Å²) in [6, 6.07) is 21.4. The monoisotopic (exact) mass is 485 g/mol. The number of rotatable bonds is 3. The highest BCUT2D eigenvalue weighted by Crippen LogP contribution is 2.33. The Bertz CT molecular complexity index is 1360. The highest BCUT2D eigenvalue weighted by Gasteiger charge is 2.18. The molecule has 7 nitrogen and oxygen atoms in total. The molecule has 0 aliphatic rings. The van der Waals surface area contributed by atoms with Gasteiger partial charge in [0, 0.05) is 23.5 Å². The van der Waals surface area contributed by atoms with E-state index in [4.69, 9.17) is 26.3 Å². The lowest BCUT2D eigenvalue weighted by molar-refractivity contribution is 0.483. The Kier molecular flexibility index (Phi) is 7.43. The lowest BCUT2D eigenvalue weighted by Gasteiger charge is -2.21. The van der Waals surface area contributed by atoms with E-state index in [1.165, 1.54) is 12.1 Å². The van der Waals surface area contributed by atoms with Gasteiger partial charge in [0.25, 0.3) is 10.1 Å². The molecule has 0 aliphatic carbocycles. The van der Waals surface area contributed by atoms with Crippen LogP contribution in [0.15, 0.2) is 87.1 Å². The smallest absolute Gasteiger partial charge is 0.294 e. The van der Waals surface area contributed by atoms with Gasteiger partial charge in [0.2, 0.25) is 11.8 Å². The fraction of sp³-hybridized carbons (Fsp3) is 0.125. The summed E-state index contributed by atoms with van der Waals surface area (Å²) in [6.07, 6.45) is 0. The first-order chi connectivity index (χ1) is 15.6. The number of hydrogen-bond donors (Lipinski definition) is 2. The number of aliphatic imine (C=N–C) groups is 1. The average Bonchev–Trinajstić information content (AvgIpc) is 3.20. The van der Waals surface area contributed by atoms with Gasteiger partial charge >= 0.3 is 0 Å². The lowest BCUT2D eigenvalue weighted by atomic mass is 10.2. The number of furan rings is 1. The van der Waals surface area contributed by atoms with E-state index in [1.54, 1.807) is 24.1 Å². The van der Waals surface area contributed by atoms with Gasteiger partial charge < -0.3 is 10.2 Å². The zero-order chi connectivity index (χ0) is 24.2. The number of aryl methyl sites for hydroxylation is 2. The van der Waals surface area contributed by atoms with Gasteiger partial charge in [0.1, 0.15) is 5.58 Å². The second kappa shape index (κ2) is 10.1. The van der Waals surface area contributed by atoms with Crippen LogP contribution in [-0.2, 0) is 10.1 Å². The predicted molar refractivity (Wildman–Crippen MR) is 133 cm³/mol. The van der Waals surface area contributed by atoms with Gasteiger partial charge in [-0.05, 0) is 49.7 Å². The minimum atomic E-state index is -4.02. The molecule has 172 valence electrons. The fourth-order valence-corrected chi connectivity index (χ4v) is 3.64. The lowest BCUT2D eigenvalue weighted by Crippen LogP contribution is -2.33. The molecule has 0 aliphatic heterocycles. The number of nitrogens with zero attached hydrogens (tertiary/aromatic N) is 2. The van der Waals surface area contributed by atoms with E-state index in [1.807, 2.05) is 62.4 Å². The summed E-state index contributed by atoms with van der Waals surface area (Å²) in [4.78, 5) is 5.76.